The van der Waals surface area contributed by atoms with Crippen LogP contribution in [0.4, 0.5) is 0 Å². The lowest BCUT2D eigenvalue weighted by atomic mass is 10.0. The number of fused-ring (bicyclic) bond motifs is 1. The summed E-state index contributed by atoms with van der Waals surface area (Å²) in [5.74, 6) is 0.973. The maximum Gasteiger partial charge on any atom is 0.127 e. The van der Waals surface area contributed by atoms with E-state index in [0.717, 1.165) is 36.8 Å². The first-order valence-electron chi connectivity index (χ1n) is 8.47. The van der Waals surface area contributed by atoms with Crippen LogP contribution in [0.15, 0.2) is 29.8 Å². The maximum atomic E-state index is 5.91. The van der Waals surface area contributed by atoms with Crippen LogP contribution in [0.3, 0.4) is 0 Å². The van der Waals surface area contributed by atoms with E-state index in [0.29, 0.717) is 13.2 Å². The molecule has 0 saturated carbocycles. The maximum absolute atomic E-state index is 5.91. The lowest BCUT2D eigenvalue weighted by molar-refractivity contribution is -0.00498. The number of hydrogen-bond acceptors (Lipinski definition) is 4. The van der Waals surface area contributed by atoms with E-state index in [-0.39, 0.29) is 6.04 Å². The zero-order chi connectivity index (χ0) is 16.5. The molecule has 1 N–H and O–H groups in total. The molecule has 0 spiro atoms. The Morgan fingerprint density at radius 1 is 1.29 bits per heavy atom. The van der Waals surface area contributed by atoms with Gasteiger partial charge in [0.25, 0.3) is 0 Å². The number of para-hydroxylation sites is 1. The van der Waals surface area contributed by atoms with Crippen molar-refractivity contribution < 1.29 is 9.47 Å². The molecule has 2 aromatic rings. The van der Waals surface area contributed by atoms with Crippen molar-refractivity contribution in [3.8, 4) is 5.75 Å². The summed E-state index contributed by atoms with van der Waals surface area (Å²) in [7, 11) is 0. The van der Waals surface area contributed by atoms with Crippen LogP contribution in [0.25, 0.3) is 6.08 Å². The van der Waals surface area contributed by atoms with Crippen molar-refractivity contribution in [3.63, 3.8) is 0 Å². The van der Waals surface area contributed by atoms with Gasteiger partial charge in [0.2, 0.25) is 0 Å². The van der Waals surface area contributed by atoms with Crippen LogP contribution in [0.5, 0.6) is 5.75 Å². The fourth-order valence-corrected chi connectivity index (χ4v) is 3.66. The number of H-pyrrole nitrogens is 1. The number of hydrogen-bond donors (Lipinski definition) is 1. The molecule has 1 aromatic heterocycles. The molecular weight excluding hydrogens is 302 g/mol. The summed E-state index contributed by atoms with van der Waals surface area (Å²) in [6, 6.07) is 8.45. The van der Waals surface area contributed by atoms with Gasteiger partial charge in [0, 0.05) is 29.9 Å². The highest BCUT2D eigenvalue weighted by Crippen LogP contribution is 2.31. The monoisotopic (exact) mass is 325 g/mol. The predicted molar refractivity (Wildman–Crippen MR) is 93.1 cm³/mol. The molecule has 0 aliphatic carbocycles. The molecule has 1 aromatic carbocycles. The first kappa shape index (κ1) is 15.4. The Hall–Kier alpha value is -2.11. The van der Waals surface area contributed by atoms with Crippen molar-refractivity contribution in [2.24, 2.45) is 0 Å². The van der Waals surface area contributed by atoms with Crippen LogP contribution in [0.2, 0.25) is 0 Å². The second-order valence-corrected chi connectivity index (χ2v) is 6.54. The van der Waals surface area contributed by atoms with Crippen molar-refractivity contribution >= 4 is 6.08 Å². The summed E-state index contributed by atoms with van der Waals surface area (Å²) in [5, 5.41) is 7.46. The van der Waals surface area contributed by atoms with Gasteiger partial charge in [-0.1, -0.05) is 18.2 Å². The number of aryl methyl sites for hydroxylation is 2. The van der Waals surface area contributed by atoms with Gasteiger partial charge in [0.05, 0.1) is 24.9 Å². The van der Waals surface area contributed by atoms with Crippen LogP contribution in [0.1, 0.15) is 28.6 Å². The summed E-state index contributed by atoms with van der Waals surface area (Å²) in [6.45, 7) is 8.11. The number of aromatic nitrogens is 2. The molecule has 5 heteroatoms. The van der Waals surface area contributed by atoms with Gasteiger partial charge >= 0.3 is 0 Å². The quantitative estimate of drug-likeness (QED) is 0.943. The van der Waals surface area contributed by atoms with Gasteiger partial charge in [0.15, 0.2) is 0 Å². The van der Waals surface area contributed by atoms with Gasteiger partial charge in [-0.2, -0.15) is 5.10 Å². The predicted octanol–water partition coefficient (Wildman–Crippen LogP) is 2.88. The third-order valence-corrected chi connectivity index (χ3v) is 4.86. The van der Waals surface area contributed by atoms with E-state index < -0.39 is 0 Å². The highest BCUT2D eigenvalue weighted by atomic mass is 16.5. The number of ether oxygens (including phenoxy) is 2. The Labute approximate surface area is 142 Å². The minimum atomic E-state index is 0.246. The third kappa shape index (κ3) is 2.85. The molecule has 4 rings (SSSR count). The van der Waals surface area contributed by atoms with E-state index in [1.54, 1.807) is 0 Å². The van der Waals surface area contributed by atoms with Gasteiger partial charge in [-0.05, 0) is 31.6 Å². The number of nitrogens with zero attached hydrogens (tertiary/aromatic N) is 2. The zero-order valence-corrected chi connectivity index (χ0v) is 14.2. The molecule has 1 saturated heterocycles. The van der Waals surface area contributed by atoms with Crippen molar-refractivity contribution in [1.29, 1.82) is 0 Å². The summed E-state index contributed by atoms with van der Waals surface area (Å²) in [5.41, 5.74) is 5.94. The number of morpholine rings is 1. The summed E-state index contributed by atoms with van der Waals surface area (Å²) in [4.78, 5) is 2.48. The average molecular weight is 325 g/mol. The number of aromatic amines is 1. The fraction of sp³-hybridized carbons (Fsp3) is 0.421. The summed E-state index contributed by atoms with van der Waals surface area (Å²) in [6.07, 6.45) is 2.26. The summed E-state index contributed by atoms with van der Waals surface area (Å²) < 4.78 is 11.7. The van der Waals surface area contributed by atoms with E-state index in [1.165, 1.54) is 16.7 Å². The zero-order valence-electron chi connectivity index (χ0n) is 14.2. The molecule has 126 valence electrons. The molecule has 1 atom stereocenters. The highest BCUT2D eigenvalue weighted by molar-refractivity contribution is 5.62. The van der Waals surface area contributed by atoms with Crippen molar-refractivity contribution in [2.75, 3.05) is 32.9 Å². The van der Waals surface area contributed by atoms with E-state index in [4.69, 9.17) is 9.47 Å². The molecule has 1 fully saturated rings. The molecule has 0 radical (unpaired) electrons. The molecule has 3 heterocycles. The van der Waals surface area contributed by atoms with E-state index in [1.807, 2.05) is 12.1 Å². The standard InChI is InChI=1S/C19H23N3O2/c1-13-19(14(2)21-20-13)17-12-23-8-7-22(17)10-15-9-16-5-3-4-6-18(16)24-11-15/h3-6,9,17H,7-8,10-12H2,1-2H3,(H,20,21). The molecular formula is C19H23N3O2. The number of nitrogens with one attached hydrogen (secondary N) is 1. The topological polar surface area (TPSA) is 50.4 Å². The molecule has 2 aliphatic rings. The van der Waals surface area contributed by atoms with Crippen LogP contribution < -0.4 is 4.74 Å². The molecule has 24 heavy (non-hydrogen) atoms. The molecule has 5 nitrogen and oxygen atoms in total. The summed E-state index contributed by atoms with van der Waals surface area (Å²) >= 11 is 0. The first-order valence-corrected chi connectivity index (χ1v) is 8.47. The highest BCUT2D eigenvalue weighted by Gasteiger charge is 2.29. The minimum absolute atomic E-state index is 0.246. The van der Waals surface area contributed by atoms with Crippen molar-refractivity contribution in [1.82, 2.24) is 15.1 Å². The van der Waals surface area contributed by atoms with Crippen molar-refractivity contribution in [2.45, 2.75) is 19.9 Å². The normalized spacial score (nSPS) is 21.1. The van der Waals surface area contributed by atoms with Crippen molar-refractivity contribution in [3.05, 3.63) is 52.4 Å². The molecule has 0 bridgehead atoms. The van der Waals surface area contributed by atoms with Gasteiger partial charge in [0.1, 0.15) is 12.4 Å². The van der Waals surface area contributed by atoms with E-state index >= 15 is 0 Å². The van der Waals surface area contributed by atoms with Crippen LogP contribution in [-0.2, 0) is 4.74 Å². The van der Waals surface area contributed by atoms with E-state index in [9.17, 15) is 0 Å². The largest absolute Gasteiger partial charge is 0.489 e. The molecule has 1 unspecified atom stereocenters. The Morgan fingerprint density at radius 2 is 2.17 bits per heavy atom. The second-order valence-electron chi connectivity index (χ2n) is 6.54. The Morgan fingerprint density at radius 3 is 3.00 bits per heavy atom. The first-order chi connectivity index (χ1) is 11.7. The van der Waals surface area contributed by atoms with E-state index in [2.05, 4.69) is 47.2 Å². The van der Waals surface area contributed by atoms with Gasteiger partial charge in [-0.15, -0.1) is 0 Å². The van der Waals surface area contributed by atoms with Gasteiger partial charge in [-0.3, -0.25) is 10.00 Å². The van der Waals surface area contributed by atoms with Gasteiger partial charge < -0.3 is 9.47 Å². The smallest absolute Gasteiger partial charge is 0.127 e. The van der Waals surface area contributed by atoms with Crippen LogP contribution in [0, 0.1) is 13.8 Å². The lowest BCUT2D eigenvalue weighted by Gasteiger charge is -2.37. The average Bonchev–Trinajstić information content (AvgIpc) is 2.94. The minimum Gasteiger partial charge on any atom is -0.489 e. The SMILES string of the molecule is Cc1n[nH]c(C)c1C1COCCN1CC1=Cc2ccccc2OC1. The van der Waals surface area contributed by atoms with Crippen LogP contribution >= 0.6 is 0 Å². The number of benzene rings is 1. The van der Waals surface area contributed by atoms with Gasteiger partial charge in [-0.25, -0.2) is 0 Å². The Balaban J connectivity index is 1.58. The van der Waals surface area contributed by atoms with Crippen LogP contribution in [-0.4, -0.2) is 48.0 Å². The second kappa shape index (κ2) is 6.42. The lowest BCUT2D eigenvalue weighted by Crippen LogP contribution is -2.41. The third-order valence-electron chi connectivity index (χ3n) is 4.86. The molecule has 0 amide bonds. The molecule has 2 aliphatic heterocycles. The fourth-order valence-electron chi connectivity index (χ4n) is 3.66. The number of rotatable bonds is 3. The Bertz CT molecular complexity index is 746. The Kier molecular flexibility index (Phi) is 4.12.